The topological polar surface area (TPSA) is 62.6 Å². The molecule has 94 valence electrons. The van der Waals surface area contributed by atoms with Crippen molar-refractivity contribution in [3.63, 3.8) is 0 Å². The molecule has 0 bridgehead atoms. The van der Waals surface area contributed by atoms with Crippen LogP contribution in [-0.2, 0) is 4.79 Å². The van der Waals surface area contributed by atoms with E-state index in [4.69, 9.17) is 14.7 Å². The molecule has 5 nitrogen and oxygen atoms in total. The smallest absolute Gasteiger partial charge is 0.244 e. The van der Waals surface area contributed by atoms with Crippen LogP contribution in [0, 0.1) is 17.2 Å². The Morgan fingerprint density at radius 2 is 2.22 bits per heavy atom. The summed E-state index contributed by atoms with van der Waals surface area (Å²) in [6.45, 7) is 2.02. The number of hydrogen-bond donors (Lipinski definition) is 0. The van der Waals surface area contributed by atoms with Crippen molar-refractivity contribution in [2.24, 2.45) is 5.92 Å². The van der Waals surface area contributed by atoms with E-state index in [0.29, 0.717) is 23.6 Å². The summed E-state index contributed by atoms with van der Waals surface area (Å²) in [5, 5.41) is 8.90. The molecule has 1 aliphatic heterocycles. The summed E-state index contributed by atoms with van der Waals surface area (Å²) in [7, 11) is 1.65. The highest BCUT2D eigenvalue weighted by molar-refractivity contribution is 5.96. The number of fused-ring (bicyclic) bond motifs is 1. The molecule has 0 saturated heterocycles. The molecule has 1 amide bonds. The molecule has 1 aromatic carbocycles. The first kappa shape index (κ1) is 12.2. The maximum Gasteiger partial charge on any atom is 0.244 e. The summed E-state index contributed by atoms with van der Waals surface area (Å²) in [6.07, 6.45) is 0.504. The minimum Gasteiger partial charge on any atom is -0.454 e. The predicted octanol–water partition coefficient (Wildman–Crippen LogP) is 1.93. The number of anilines is 1. The highest BCUT2D eigenvalue weighted by Gasteiger charge is 2.22. The standard InChI is InChI=1S/C13H14N2O3/c1-3-9(7-14)13(16)15(2)10-4-5-11-12(6-10)18-8-17-11/h4-6,9H,3,8H2,1-2H3. The molecule has 0 aliphatic carbocycles. The van der Waals surface area contributed by atoms with Gasteiger partial charge in [-0.15, -0.1) is 0 Å². The maximum atomic E-state index is 12.0. The van der Waals surface area contributed by atoms with Crippen LogP contribution in [0.3, 0.4) is 0 Å². The molecule has 1 heterocycles. The van der Waals surface area contributed by atoms with Crippen LogP contribution >= 0.6 is 0 Å². The zero-order valence-corrected chi connectivity index (χ0v) is 10.3. The first-order valence-electron chi connectivity index (χ1n) is 5.74. The normalized spacial score (nSPS) is 13.8. The van der Waals surface area contributed by atoms with Crippen LogP contribution < -0.4 is 14.4 Å². The molecule has 0 saturated carbocycles. The van der Waals surface area contributed by atoms with Crippen LogP contribution in [0.15, 0.2) is 18.2 Å². The van der Waals surface area contributed by atoms with E-state index < -0.39 is 5.92 Å². The Kier molecular flexibility index (Phi) is 3.38. The minimum absolute atomic E-state index is 0.201. The molecule has 0 radical (unpaired) electrons. The van der Waals surface area contributed by atoms with Gasteiger partial charge >= 0.3 is 0 Å². The van der Waals surface area contributed by atoms with Crippen LogP contribution in [0.25, 0.3) is 0 Å². The van der Waals surface area contributed by atoms with Crippen molar-refractivity contribution in [2.45, 2.75) is 13.3 Å². The summed E-state index contributed by atoms with van der Waals surface area (Å²) in [6, 6.07) is 7.28. The van der Waals surface area contributed by atoms with Crippen molar-refractivity contribution in [3.8, 4) is 17.6 Å². The fourth-order valence-electron chi connectivity index (χ4n) is 1.78. The van der Waals surface area contributed by atoms with E-state index in [1.54, 1.807) is 25.2 Å². The van der Waals surface area contributed by atoms with Gasteiger partial charge in [-0.2, -0.15) is 5.26 Å². The van der Waals surface area contributed by atoms with E-state index in [2.05, 4.69) is 0 Å². The number of amides is 1. The third kappa shape index (κ3) is 2.09. The summed E-state index contributed by atoms with van der Waals surface area (Å²) in [5.74, 6) is 0.475. The van der Waals surface area contributed by atoms with Gasteiger partial charge in [0.1, 0.15) is 5.92 Å². The Balaban J connectivity index is 2.21. The number of nitrogens with zero attached hydrogens (tertiary/aromatic N) is 2. The molecule has 1 atom stereocenters. The summed E-state index contributed by atoms with van der Waals surface area (Å²) in [4.78, 5) is 13.5. The molecule has 0 fully saturated rings. The third-order valence-corrected chi connectivity index (χ3v) is 2.94. The second-order valence-corrected chi connectivity index (χ2v) is 4.02. The highest BCUT2D eigenvalue weighted by Crippen LogP contribution is 2.35. The number of carbonyl (C=O) groups is 1. The number of hydrogen-bond acceptors (Lipinski definition) is 4. The molecule has 2 rings (SSSR count). The number of carbonyl (C=O) groups excluding carboxylic acids is 1. The minimum atomic E-state index is -0.611. The van der Waals surface area contributed by atoms with E-state index >= 15 is 0 Å². The quantitative estimate of drug-likeness (QED) is 0.817. The first-order valence-corrected chi connectivity index (χ1v) is 5.74. The van der Waals surface area contributed by atoms with E-state index in [1.807, 2.05) is 13.0 Å². The van der Waals surface area contributed by atoms with Crippen molar-refractivity contribution < 1.29 is 14.3 Å². The molecule has 0 spiro atoms. The molecule has 0 aromatic heterocycles. The summed E-state index contributed by atoms with van der Waals surface area (Å²) >= 11 is 0. The lowest BCUT2D eigenvalue weighted by Gasteiger charge is -2.19. The van der Waals surface area contributed by atoms with Crippen LogP contribution in [0.5, 0.6) is 11.5 Å². The first-order chi connectivity index (χ1) is 8.67. The fraction of sp³-hybridized carbons (Fsp3) is 0.385. The second-order valence-electron chi connectivity index (χ2n) is 4.02. The highest BCUT2D eigenvalue weighted by atomic mass is 16.7. The van der Waals surface area contributed by atoms with E-state index in [1.165, 1.54) is 4.90 Å². The fourth-order valence-corrected chi connectivity index (χ4v) is 1.78. The molecule has 5 heteroatoms. The molecule has 18 heavy (non-hydrogen) atoms. The lowest BCUT2D eigenvalue weighted by Crippen LogP contribution is -2.31. The summed E-state index contributed by atoms with van der Waals surface area (Å²) < 4.78 is 10.5. The van der Waals surface area contributed by atoms with Gasteiger partial charge in [0, 0.05) is 18.8 Å². The average molecular weight is 246 g/mol. The lowest BCUT2D eigenvalue weighted by atomic mass is 10.1. The summed E-state index contributed by atoms with van der Waals surface area (Å²) in [5.41, 5.74) is 0.693. The molecule has 0 N–H and O–H groups in total. The van der Waals surface area contributed by atoms with Crippen molar-refractivity contribution in [1.82, 2.24) is 0 Å². The zero-order valence-electron chi connectivity index (χ0n) is 10.3. The predicted molar refractivity (Wildman–Crippen MR) is 65.4 cm³/mol. The number of rotatable bonds is 3. The molecular formula is C13H14N2O3. The zero-order chi connectivity index (χ0) is 13.1. The van der Waals surface area contributed by atoms with E-state index in [0.717, 1.165) is 0 Å². The van der Waals surface area contributed by atoms with Crippen LogP contribution in [-0.4, -0.2) is 19.7 Å². The van der Waals surface area contributed by atoms with Gasteiger partial charge in [-0.1, -0.05) is 6.92 Å². The Labute approximate surface area is 106 Å². The van der Waals surface area contributed by atoms with Gasteiger partial charge in [0.2, 0.25) is 12.7 Å². The molecular weight excluding hydrogens is 232 g/mol. The SMILES string of the molecule is CCC(C#N)C(=O)N(C)c1ccc2c(c1)OCO2. The Hall–Kier alpha value is -2.22. The number of nitriles is 1. The van der Waals surface area contributed by atoms with Crippen molar-refractivity contribution in [3.05, 3.63) is 18.2 Å². The number of benzene rings is 1. The van der Waals surface area contributed by atoms with Crippen LogP contribution in [0.1, 0.15) is 13.3 Å². The van der Waals surface area contributed by atoms with Gasteiger partial charge in [-0.3, -0.25) is 4.79 Å². The van der Waals surface area contributed by atoms with E-state index in [9.17, 15) is 4.79 Å². The molecule has 1 aromatic rings. The molecule has 1 aliphatic rings. The van der Waals surface area contributed by atoms with Gasteiger partial charge in [-0.05, 0) is 18.6 Å². The van der Waals surface area contributed by atoms with Gasteiger partial charge < -0.3 is 14.4 Å². The van der Waals surface area contributed by atoms with Crippen LogP contribution in [0.2, 0.25) is 0 Å². The second kappa shape index (κ2) is 4.96. The lowest BCUT2D eigenvalue weighted by molar-refractivity contribution is -0.120. The monoisotopic (exact) mass is 246 g/mol. The van der Waals surface area contributed by atoms with Gasteiger partial charge in [0.15, 0.2) is 11.5 Å². The Morgan fingerprint density at radius 3 is 2.89 bits per heavy atom. The maximum absolute atomic E-state index is 12.0. The van der Waals surface area contributed by atoms with Gasteiger partial charge in [-0.25, -0.2) is 0 Å². The van der Waals surface area contributed by atoms with Crippen molar-refractivity contribution in [2.75, 3.05) is 18.7 Å². The van der Waals surface area contributed by atoms with Gasteiger partial charge in [0.25, 0.3) is 0 Å². The average Bonchev–Trinajstić information content (AvgIpc) is 2.86. The number of ether oxygens (including phenoxy) is 2. The van der Waals surface area contributed by atoms with Crippen molar-refractivity contribution in [1.29, 1.82) is 5.26 Å². The largest absolute Gasteiger partial charge is 0.454 e. The van der Waals surface area contributed by atoms with Crippen LogP contribution in [0.4, 0.5) is 5.69 Å². The van der Waals surface area contributed by atoms with E-state index in [-0.39, 0.29) is 12.7 Å². The Morgan fingerprint density at radius 1 is 1.50 bits per heavy atom. The van der Waals surface area contributed by atoms with Crippen molar-refractivity contribution >= 4 is 11.6 Å². The van der Waals surface area contributed by atoms with Gasteiger partial charge in [0.05, 0.1) is 6.07 Å². The Bertz CT molecular complexity index is 507. The third-order valence-electron chi connectivity index (χ3n) is 2.94. The molecule has 1 unspecified atom stereocenters.